The third kappa shape index (κ3) is 4.57. The smallest absolute Gasteiger partial charge is 0.253 e. The SMILES string of the molecule is O=C(NCC(c1cccs1)N1CCOCC1)C1CCCN1S(=O)(=O)c1cccs1. The molecule has 4 heterocycles. The van der Waals surface area contributed by atoms with Gasteiger partial charge in [0.15, 0.2) is 0 Å². The lowest BCUT2D eigenvalue weighted by Gasteiger charge is -2.34. The zero-order chi connectivity index (χ0) is 20.3. The van der Waals surface area contributed by atoms with Crippen molar-refractivity contribution in [3.05, 3.63) is 39.9 Å². The Morgan fingerprint density at radius 2 is 1.93 bits per heavy atom. The van der Waals surface area contributed by atoms with Crippen LogP contribution in [0.25, 0.3) is 0 Å². The summed E-state index contributed by atoms with van der Waals surface area (Å²) in [5, 5.41) is 6.82. The number of morpholine rings is 1. The van der Waals surface area contributed by atoms with Crippen LogP contribution in [0.2, 0.25) is 0 Å². The van der Waals surface area contributed by atoms with Crippen molar-refractivity contribution >= 4 is 38.6 Å². The molecule has 2 aromatic heterocycles. The molecule has 2 aromatic rings. The van der Waals surface area contributed by atoms with E-state index in [2.05, 4.69) is 16.3 Å². The van der Waals surface area contributed by atoms with Crippen molar-refractivity contribution in [2.24, 2.45) is 0 Å². The Bertz CT molecular complexity index is 893. The lowest BCUT2D eigenvalue weighted by Crippen LogP contribution is -2.49. The first kappa shape index (κ1) is 21.0. The quantitative estimate of drug-likeness (QED) is 0.692. The minimum Gasteiger partial charge on any atom is -0.379 e. The van der Waals surface area contributed by atoms with Gasteiger partial charge in [-0.3, -0.25) is 9.69 Å². The fraction of sp³-hybridized carbons (Fsp3) is 0.526. The number of nitrogens with one attached hydrogen (secondary N) is 1. The monoisotopic (exact) mass is 455 g/mol. The van der Waals surface area contributed by atoms with Gasteiger partial charge in [0.2, 0.25) is 5.91 Å². The molecule has 0 aliphatic carbocycles. The highest BCUT2D eigenvalue weighted by atomic mass is 32.2. The zero-order valence-corrected chi connectivity index (χ0v) is 18.5. The zero-order valence-electron chi connectivity index (χ0n) is 16.0. The Labute approximate surface area is 179 Å². The fourth-order valence-corrected chi connectivity index (χ4v) is 7.55. The number of nitrogens with zero attached hydrogens (tertiary/aromatic N) is 2. The Morgan fingerprint density at radius 1 is 1.17 bits per heavy atom. The highest BCUT2D eigenvalue weighted by molar-refractivity contribution is 7.91. The number of carbonyl (C=O) groups is 1. The van der Waals surface area contributed by atoms with Crippen LogP contribution in [0.5, 0.6) is 0 Å². The Hall–Kier alpha value is -1.30. The number of hydrogen-bond acceptors (Lipinski definition) is 7. The molecule has 2 saturated heterocycles. The summed E-state index contributed by atoms with van der Waals surface area (Å²) in [7, 11) is -3.63. The molecule has 4 rings (SSSR count). The Balaban J connectivity index is 1.45. The Morgan fingerprint density at radius 3 is 2.62 bits per heavy atom. The molecule has 10 heteroatoms. The van der Waals surface area contributed by atoms with Crippen molar-refractivity contribution in [1.29, 1.82) is 0 Å². The second-order valence-electron chi connectivity index (χ2n) is 7.13. The number of thiophene rings is 2. The number of carbonyl (C=O) groups excluding carboxylic acids is 1. The minimum absolute atomic E-state index is 0.0756. The van der Waals surface area contributed by atoms with Crippen LogP contribution in [-0.4, -0.2) is 69.0 Å². The summed E-state index contributed by atoms with van der Waals surface area (Å²) in [5.41, 5.74) is 0. The van der Waals surface area contributed by atoms with E-state index in [9.17, 15) is 13.2 Å². The molecule has 158 valence electrons. The first-order valence-electron chi connectivity index (χ1n) is 9.75. The standard InChI is InChI=1S/C19H25N3O4S3/c23-19(15-4-1-7-22(15)29(24,25)18-6-3-13-28-18)20-14-16(17-5-2-12-27-17)21-8-10-26-11-9-21/h2-3,5-6,12-13,15-16H,1,4,7-11,14H2,(H,20,23). The molecule has 29 heavy (non-hydrogen) atoms. The van der Waals surface area contributed by atoms with Gasteiger partial charge in [0.05, 0.1) is 19.3 Å². The van der Waals surface area contributed by atoms with Gasteiger partial charge in [-0.15, -0.1) is 22.7 Å². The highest BCUT2D eigenvalue weighted by Crippen LogP contribution is 2.29. The van der Waals surface area contributed by atoms with Crippen LogP contribution in [0.15, 0.2) is 39.2 Å². The summed E-state index contributed by atoms with van der Waals surface area (Å²) in [5.74, 6) is -0.211. The first-order valence-corrected chi connectivity index (χ1v) is 13.0. The summed E-state index contributed by atoms with van der Waals surface area (Å²) in [6.07, 6.45) is 1.25. The first-order chi connectivity index (χ1) is 14.1. The third-order valence-electron chi connectivity index (χ3n) is 5.39. The molecule has 1 amide bonds. The summed E-state index contributed by atoms with van der Waals surface area (Å²) in [6.45, 7) is 3.86. The van der Waals surface area contributed by atoms with Gasteiger partial charge in [-0.1, -0.05) is 12.1 Å². The molecule has 2 atom stereocenters. The van der Waals surface area contributed by atoms with Crippen LogP contribution in [0, 0.1) is 0 Å². The van der Waals surface area contributed by atoms with Gasteiger partial charge in [0, 0.05) is 31.1 Å². The molecule has 1 N–H and O–H groups in total. The summed E-state index contributed by atoms with van der Waals surface area (Å²) in [6, 6.07) is 6.85. The fourth-order valence-electron chi connectivity index (χ4n) is 3.91. The number of rotatable bonds is 7. The predicted octanol–water partition coefficient (Wildman–Crippen LogP) is 2.15. The van der Waals surface area contributed by atoms with Crippen molar-refractivity contribution in [2.45, 2.75) is 29.1 Å². The van der Waals surface area contributed by atoms with E-state index < -0.39 is 16.1 Å². The van der Waals surface area contributed by atoms with Gasteiger partial charge in [0.1, 0.15) is 10.3 Å². The molecule has 2 aliphatic heterocycles. The minimum atomic E-state index is -3.63. The molecular formula is C19H25N3O4S3. The maximum absolute atomic E-state index is 13.0. The van der Waals surface area contributed by atoms with E-state index in [1.807, 2.05) is 11.4 Å². The average Bonchev–Trinajstić information content (AvgIpc) is 3.51. The van der Waals surface area contributed by atoms with E-state index in [0.29, 0.717) is 43.4 Å². The van der Waals surface area contributed by atoms with Gasteiger partial charge in [-0.2, -0.15) is 4.31 Å². The average molecular weight is 456 g/mol. The van der Waals surface area contributed by atoms with Gasteiger partial charge >= 0.3 is 0 Å². The van der Waals surface area contributed by atoms with Crippen molar-refractivity contribution < 1.29 is 17.9 Å². The number of amides is 1. The third-order valence-corrected chi connectivity index (χ3v) is 9.65. The van der Waals surface area contributed by atoms with E-state index in [-0.39, 0.29) is 11.9 Å². The van der Waals surface area contributed by atoms with Gasteiger partial charge in [-0.05, 0) is 35.7 Å². The molecule has 2 fully saturated rings. The summed E-state index contributed by atoms with van der Waals surface area (Å²) < 4.78 is 33.0. The second kappa shape index (κ2) is 9.23. The Kier molecular flexibility index (Phi) is 6.67. The van der Waals surface area contributed by atoms with Crippen LogP contribution >= 0.6 is 22.7 Å². The van der Waals surface area contributed by atoms with Crippen LogP contribution in [-0.2, 0) is 19.6 Å². The van der Waals surface area contributed by atoms with E-state index >= 15 is 0 Å². The van der Waals surface area contributed by atoms with E-state index in [1.54, 1.807) is 28.8 Å². The number of hydrogen-bond donors (Lipinski definition) is 1. The van der Waals surface area contributed by atoms with Crippen LogP contribution in [0.3, 0.4) is 0 Å². The van der Waals surface area contributed by atoms with Crippen molar-refractivity contribution in [3.63, 3.8) is 0 Å². The van der Waals surface area contributed by atoms with Crippen LogP contribution < -0.4 is 5.32 Å². The normalized spacial score (nSPS) is 22.6. The maximum Gasteiger partial charge on any atom is 0.253 e. The van der Waals surface area contributed by atoms with Crippen molar-refractivity contribution in [3.8, 4) is 0 Å². The second-order valence-corrected chi connectivity index (χ2v) is 11.2. The molecule has 7 nitrogen and oxygen atoms in total. The lowest BCUT2D eigenvalue weighted by molar-refractivity contribution is -0.124. The molecule has 0 bridgehead atoms. The molecule has 0 saturated carbocycles. The summed E-state index contributed by atoms with van der Waals surface area (Å²) >= 11 is 2.86. The number of ether oxygens (including phenoxy) is 1. The van der Waals surface area contributed by atoms with Crippen molar-refractivity contribution in [2.75, 3.05) is 39.4 Å². The van der Waals surface area contributed by atoms with Crippen LogP contribution in [0.4, 0.5) is 0 Å². The van der Waals surface area contributed by atoms with Gasteiger partial charge in [0.25, 0.3) is 10.0 Å². The largest absolute Gasteiger partial charge is 0.379 e. The highest BCUT2D eigenvalue weighted by Gasteiger charge is 2.40. The molecule has 0 aromatic carbocycles. The van der Waals surface area contributed by atoms with Crippen LogP contribution in [0.1, 0.15) is 23.8 Å². The predicted molar refractivity (Wildman–Crippen MR) is 114 cm³/mol. The molecule has 0 radical (unpaired) electrons. The van der Waals surface area contributed by atoms with E-state index in [1.165, 1.54) is 20.5 Å². The van der Waals surface area contributed by atoms with E-state index in [4.69, 9.17) is 4.74 Å². The van der Waals surface area contributed by atoms with Gasteiger partial charge < -0.3 is 10.1 Å². The lowest BCUT2D eigenvalue weighted by atomic mass is 10.1. The molecular weight excluding hydrogens is 430 g/mol. The summed E-state index contributed by atoms with van der Waals surface area (Å²) in [4.78, 5) is 16.5. The van der Waals surface area contributed by atoms with Crippen molar-refractivity contribution in [1.82, 2.24) is 14.5 Å². The van der Waals surface area contributed by atoms with E-state index in [0.717, 1.165) is 13.1 Å². The maximum atomic E-state index is 13.0. The topological polar surface area (TPSA) is 79.0 Å². The molecule has 2 aliphatic rings. The van der Waals surface area contributed by atoms with Gasteiger partial charge in [-0.25, -0.2) is 8.42 Å². The molecule has 0 spiro atoms. The number of sulfonamides is 1. The molecule has 2 unspecified atom stereocenters.